The number of hydrogen-bond donors (Lipinski definition) is 2. The monoisotopic (exact) mass is 460 g/mol. The second-order valence-electron chi connectivity index (χ2n) is 5.70. The van der Waals surface area contributed by atoms with Gasteiger partial charge in [-0.05, 0) is 38.8 Å². The minimum absolute atomic E-state index is 0. The molecule has 0 saturated carbocycles. The van der Waals surface area contributed by atoms with E-state index in [0.29, 0.717) is 6.54 Å². The van der Waals surface area contributed by atoms with Crippen molar-refractivity contribution >= 4 is 41.3 Å². The number of fused-ring (bicyclic) bond motifs is 1. The van der Waals surface area contributed by atoms with Crippen LogP contribution in [0.15, 0.2) is 17.1 Å². The topological polar surface area (TPSA) is 67.1 Å². The Morgan fingerprint density at radius 3 is 2.92 bits per heavy atom. The van der Waals surface area contributed by atoms with Crippen LogP contribution < -0.4 is 10.6 Å². The Bertz CT molecular complexity index is 678. The van der Waals surface area contributed by atoms with Gasteiger partial charge in [0.15, 0.2) is 11.8 Å². The van der Waals surface area contributed by atoms with Crippen molar-refractivity contribution < 1.29 is 0 Å². The molecule has 0 amide bonds. The lowest BCUT2D eigenvalue weighted by molar-refractivity contribution is 0.508. The number of aliphatic imine (C=N–C) groups is 1. The van der Waals surface area contributed by atoms with E-state index in [4.69, 9.17) is 0 Å². The van der Waals surface area contributed by atoms with Crippen LogP contribution in [0.5, 0.6) is 0 Å². The van der Waals surface area contributed by atoms with E-state index in [2.05, 4.69) is 56.4 Å². The van der Waals surface area contributed by atoms with Crippen LogP contribution in [0.1, 0.15) is 41.2 Å². The minimum atomic E-state index is 0. The van der Waals surface area contributed by atoms with Crippen LogP contribution >= 0.6 is 35.3 Å². The zero-order valence-electron chi connectivity index (χ0n) is 14.2. The largest absolute Gasteiger partial charge is 0.357 e. The summed E-state index contributed by atoms with van der Waals surface area (Å²) in [6.45, 7) is 7.42. The fraction of sp³-hybridized carbons (Fsp3) is 0.562. The summed E-state index contributed by atoms with van der Waals surface area (Å²) < 4.78 is 2.22. The lowest BCUT2D eigenvalue weighted by atomic mass is 10.2. The molecule has 24 heavy (non-hydrogen) atoms. The van der Waals surface area contributed by atoms with Gasteiger partial charge in [-0.2, -0.15) is 0 Å². The standard InChI is InChI=1S/C16H24N6S.HI/c1-3-17-16(18-10-13-8-7-12(2)23-13)19-11-15-21-20-14-6-4-5-9-22(14)15;/h7-8H,3-6,9-11H2,1-2H3,(H2,17,18,19);1H. The van der Waals surface area contributed by atoms with E-state index in [1.165, 1.54) is 22.6 Å². The summed E-state index contributed by atoms with van der Waals surface area (Å²) in [5, 5.41) is 15.3. The summed E-state index contributed by atoms with van der Waals surface area (Å²) in [4.78, 5) is 7.31. The predicted molar refractivity (Wildman–Crippen MR) is 109 cm³/mol. The number of thiophene rings is 1. The Balaban J connectivity index is 0.00000208. The lowest BCUT2D eigenvalue weighted by Gasteiger charge is -2.14. The number of halogens is 1. The van der Waals surface area contributed by atoms with E-state index in [9.17, 15) is 0 Å². The molecule has 3 heterocycles. The van der Waals surface area contributed by atoms with Crippen LogP contribution in [-0.4, -0.2) is 27.3 Å². The molecule has 0 radical (unpaired) electrons. The number of aryl methyl sites for hydroxylation is 2. The minimum Gasteiger partial charge on any atom is -0.357 e. The molecule has 0 aliphatic carbocycles. The van der Waals surface area contributed by atoms with Gasteiger partial charge >= 0.3 is 0 Å². The van der Waals surface area contributed by atoms with Crippen LogP contribution in [0.3, 0.4) is 0 Å². The molecular formula is C16H25IN6S. The van der Waals surface area contributed by atoms with E-state index < -0.39 is 0 Å². The van der Waals surface area contributed by atoms with Crippen molar-refractivity contribution in [2.24, 2.45) is 4.99 Å². The highest BCUT2D eigenvalue weighted by atomic mass is 127. The summed E-state index contributed by atoms with van der Waals surface area (Å²) in [7, 11) is 0. The molecule has 0 bridgehead atoms. The Hall–Kier alpha value is -1.16. The summed E-state index contributed by atoms with van der Waals surface area (Å²) in [5.74, 6) is 2.89. The maximum absolute atomic E-state index is 4.66. The first-order chi connectivity index (χ1) is 11.3. The lowest BCUT2D eigenvalue weighted by Crippen LogP contribution is -2.36. The average molecular weight is 460 g/mol. The van der Waals surface area contributed by atoms with Crippen molar-refractivity contribution in [1.29, 1.82) is 0 Å². The summed E-state index contributed by atoms with van der Waals surface area (Å²) >= 11 is 1.81. The smallest absolute Gasteiger partial charge is 0.191 e. The predicted octanol–water partition coefficient (Wildman–Crippen LogP) is 2.86. The highest BCUT2D eigenvalue weighted by molar-refractivity contribution is 14.0. The molecule has 1 aliphatic rings. The van der Waals surface area contributed by atoms with Crippen molar-refractivity contribution in [3.63, 3.8) is 0 Å². The third kappa shape index (κ3) is 4.92. The maximum Gasteiger partial charge on any atom is 0.191 e. The van der Waals surface area contributed by atoms with Gasteiger partial charge < -0.3 is 15.2 Å². The van der Waals surface area contributed by atoms with Gasteiger partial charge in [0.25, 0.3) is 0 Å². The molecule has 0 unspecified atom stereocenters. The third-order valence-corrected chi connectivity index (χ3v) is 4.89. The SMILES string of the molecule is CCNC(=NCc1nnc2n1CCCC2)NCc1ccc(C)s1.I. The van der Waals surface area contributed by atoms with Crippen molar-refractivity contribution in [1.82, 2.24) is 25.4 Å². The number of nitrogens with zero attached hydrogens (tertiary/aromatic N) is 4. The maximum atomic E-state index is 4.66. The molecule has 0 atom stereocenters. The molecule has 8 heteroatoms. The number of guanidine groups is 1. The Morgan fingerprint density at radius 1 is 1.29 bits per heavy atom. The second kappa shape index (κ2) is 9.36. The summed E-state index contributed by atoms with van der Waals surface area (Å²) in [6.07, 6.45) is 3.45. The van der Waals surface area contributed by atoms with Gasteiger partial charge in [-0.1, -0.05) is 0 Å². The molecule has 0 saturated heterocycles. The van der Waals surface area contributed by atoms with Gasteiger partial charge in [0.1, 0.15) is 12.4 Å². The van der Waals surface area contributed by atoms with E-state index >= 15 is 0 Å². The van der Waals surface area contributed by atoms with E-state index in [1.54, 1.807) is 0 Å². The number of rotatable bonds is 5. The fourth-order valence-corrected chi connectivity index (χ4v) is 3.56. The molecule has 2 N–H and O–H groups in total. The average Bonchev–Trinajstić information content (AvgIpc) is 3.16. The second-order valence-corrected chi connectivity index (χ2v) is 7.07. The van der Waals surface area contributed by atoms with Crippen LogP contribution in [0, 0.1) is 6.92 Å². The highest BCUT2D eigenvalue weighted by Crippen LogP contribution is 2.15. The van der Waals surface area contributed by atoms with Crippen LogP contribution in [0.4, 0.5) is 0 Å². The van der Waals surface area contributed by atoms with Gasteiger partial charge in [0, 0.05) is 29.3 Å². The van der Waals surface area contributed by atoms with E-state index in [-0.39, 0.29) is 24.0 Å². The van der Waals surface area contributed by atoms with Crippen LogP contribution in [0.25, 0.3) is 0 Å². The molecule has 3 rings (SSSR count). The highest BCUT2D eigenvalue weighted by Gasteiger charge is 2.15. The normalized spacial score (nSPS) is 14.0. The van der Waals surface area contributed by atoms with Gasteiger partial charge in [-0.15, -0.1) is 45.5 Å². The van der Waals surface area contributed by atoms with Crippen LogP contribution in [0.2, 0.25) is 0 Å². The first-order valence-electron chi connectivity index (χ1n) is 8.24. The van der Waals surface area contributed by atoms with Crippen molar-refractivity contribution in [2.45, 2.75) is 52.7 Å². The fourth-order valence-electron chi connectivity index (χ4n) is 2.73. The Kier molecular flexibility index (Phi) is 7.47. The molecule has 0 aromatic carbocycles. The summed E-state index contributed by atoms with van der Waals surface area (Å²) in [5.41, 5.74) is 0. The molecule has 6 nitrogen and oxygen atoms in total. The first kappa shape index (κ1) is 19.2. The van der Waals surface area contributed by atoms with Crippen LogP contribution in [-0.2, 0) is 26.1 Å². The molecule has 2 aromatic heterocycles. The van der Waals surface area contributed by atoms with Gasteiger partial charge in [0.2, 0.25) is 0 Å². The van der Waals surface area contributed by atoms with Crippen molar-refractivity contribution in [3.8, 4) is 0 Å². The van der Waals surface area contributed by atoms with Gasteiger partial charge in [-0.25, -0.2) is 4.99 Å². The molecule has 1 aliphatic heterocycles. The summed E-state index contributed by atoms with van der Waals surface area (Å²) in [6, 6.07) is 4.31. The van der Waals surface area contributed by atoms with Gasteiger partial charge in [0.05, 0.1) is 6.54 Å². The van der Waals surface area contributed by atoms with Crippen molar-refractivity contribution in [2.75, 3.05) is 6.54 Å². The molecule has 0 fully saturated rings. The Morgan fingerprint density at radius 2 is 2.17 bits per heavy atom. The zero-order chi connectivity index (χ0) is 16.1. The Labute approximate surface area is 164 Å². The molecular weight excluding hydrogens is 435 g/mol. The molecule has 2 aromatic rings. The third-order valence-electron chi connectivity index (χ3n) is 3.89. The molecule has 0 spiro atoms. The first-order valence-corrected chi connectivity index (χ1v) is 9.06. The van der Waals surface area contributed by atoms with Gasteiger partial charge in [-0.3, -0.25) is 0 Å². The quantitative estimate of drug-likeness (QED) is 0.409. The number of aromatic nitrogens is 3. The van der Waals surface area contributed by atoms with Crippen molar-refractivity contribution in [3.05, 3.63) is 33.5 Å². The van der Waals surface area contributed by atoms with E-state index in [0.717, 1.165) is 43.7 Å². The zero-order valence-corrected chi connectivity index (χ0v) is 17.4. The molecule has 132 valence electrons. The van der Waals surface area contributed by atoms with E-state index in [1.807, 2.05) is 11.3 Å². The number of nitrogens with one attached hydrogen (secondary N) is 2. The number of hydrogen-bond acceptors (Lipinski definition) is 4.